The number of ether oxygens (including phenoxy) is 2. The second-order valence-corrected chi connectivity index (χ2v) is 10.1. The molecule has 9 heteroatoms. The predicted octanol–water partition coefficient (Wildman–Crippen LogP) is 3.16. The van der Waals surface area contributed by atoms with E-state index >= 15 is 0 Å². The maximum atomic E-state index is 12.8. The minimum Gasteiger partial charge on any atom is -0.467 e. The maximum Gasteiger partial charge on any atom is 0.330 e. The van der Waals surface area contributed by atoms with Crippen LogP contribution in [-0.2, 0) is 24.1 Å². The van der Waals surface area contributed by atoms with Gasteiger partial charge in [-0.15, -0.1) is 0 Å². The zero-order valence-corrected chi connectivity index (χ0v) is 17.2. The van der Waals surface area contributed by atoms with Crippen molar-refractivity contribution in [2.45, 2.75) is 48.3 Å². The number of nitrogens with zero attached hydrogens (tertiary/aromatic N) is 2. The van der Waals surface area contributed by atoms with Crippen molar-refractivity contribution < 1.29 is 22.7 Å². The molecule has 28 heavy (non-hydrogen) atoms. The second-order valence-electron chi connectivity index (χ2n) is 7.47. The van der Waals surface area contributed by atoms with Gasteiger partial charge in [0, 0.05) is 18.6 Å². The van der Waals surface area contributed by atoms with Crippen LogP contribution in [-0.4, -0.2) is 49.7 Å². The fraction of sp³-hybridized carbons (Fsp3) is 0.579. The standard InChI is InChI=1S/C19H23ClN2O5S/c1-26-19(23)16(10-12-6-8-27-9-7-12)22-18-14(11-21-22)17(5-4-15(18)20)28(24,25)13-2-3-13/h4-5,11-13,16H,2-3,6-10H2,1H3. The van der Waals surface area contributed by atoms with Crippen molar-refractivity contribution in [3.05, 3.63) is 23.4 Å². The molecule has 7 nitrogen and oxygen atoms in total. The third kappa shape index (κ3) is 3.53. The van der Waals surface area contributed by atoms with Crippen LogP contribution >= 0.6 is 11.6 Å². The highest BCUT2D eigenvalue weighted by Gasteiger charge is 2.39. The Morgan fingerprint density at radius 2 is 2.04 bits per heavy atom. The number of carbonyl (C=O) groups is 1. The first-order valence-corrected chi connectivity index (χ1v) is 11.4. The minimum absolute atomic E-state index is 0.232. The molecule has 2 aliphatic rings. The third-order valence-electron chi connectivity index (χ3n) is 5.60. The lowest BCUT2D eigenvalue weighted by molar-refractivity contribution is -0.145. The summed E-state index contributed by atoms with van der Waals surface area (Å²) in [4.78, 5) is 12.8. The van der Waals surface area contributed by atoms with E-state index in [-0.39, 0.29) is 10.1 Å². The van der Waals surface area contributed by atoms with Crippen LogP contribution in [0.15, 0.2) is 23.2 Å². The highest BCUT2D eigenvalue weighted by Crippen LogP contribution is 2.39. The normalized spacial score (nSPS) is 19.6. The summed E-state index contributed by atoms with van der Waals surface area (Å²) in [6, 6.07) is 2.44. The first kappa shape index (κ1) is 19.7. The molecule has 0 amide bonds. The van der Waals surface area contributed by atoms with Gasteiger partial charge in [-0.3, -0.25) is 0 Å². The molecule has 1 aliphatic heterocycles. The quantitative estimate of drug-likeness (QED) is 0.659. The Hall–Kier alpha value is -1.64. The number of fused-ring (bicyclic) bond motifs is 1. The van der Waals surface area contributed by atoms with Crippen LogP contribution in [0.25, 0.3) is 10.9 Å². The topological polar surface area (TPSA) is 87.5 Å². The number of methoxy groups -OCH3 is 1. The van der Waals surface area contributed by atoms with Crippen LogP contribution in [0.5, 0.6) is 0 Å². The van der Waals surface area contributed by atoms with Crippen LogP contribution in [0.3, 0.4) is 0 Å². The van der Waals surface area contributed by atoms with Crippen molar-refractivity contribution in [2.24, 2.45) is 5.92 Å². The summed E-state index contributed by atoms with van der Waals surface area (Å²) in [5, 5.41) is 4.87. The highest BCUT2D eigenvalue weighted by atomic mass is 35.5. The Kier molecular flexibility index (Phi) is 5.37. The summed E-state index contributed by atoms with van der Waals surface area (Å²) < 4.78 is 37.6. The lowest BCUT2D eigenvalue weighted by Crippen LogP contribution is -2.27. The molecular formula is C19H23ClN2O5S. The molecule has 0 spiro atoms. The summed E-state index contributed by atoms with van der Waals surface area (Å²) >= 11 is 6.43. The van der Waals surface area contributed by atoms with Gasteiger partial charge in [-0.05, 0) is 50.2 Å². The number of rotatable bonds is 6. The van der Waals surface area contributed by atoms with Crippen molar-refractivity contribution in [3.63, 3.8) is 0 Å². The Morgan fingerprint density at radius 3 is 2.68 bits per heavy atom. The Labute approximate surface area is 168 Å². The summed E-state index contributed by atoms with van der Waals surface area (Å²) in [6.07, 6.45) is 5.12. The molecule has 1 aliphatic carbocycles. The molecule has 1 saturated heterocycles. The van der Waals surface area contributed by atoms with Crippen LogP contribution in [0, 0.1) is 5.92 Å². The van der Waals surface area contributed by atoms with E-state index in [1.807, 2.05) is 0 Å². The molecule has 1 saturated carbocycles. The van der Waals surface area contributed by atoms with Crippen molar-refractivity contribution in [3.8, 4) is 0 Å². The molecule has 1 aromatic carbocycles. The zero-order chi connectivity index (χ0) is 19.9. The molecule has 1 unspecified atom stereocenters. The van der Waals surface area contributed by atoms with Gasteiger partial charge in [-0.2, -0.15) is 5.10 Å². The van der Waals surface area contributed by atoms with Crippen molar-refractivity contribution in [1.29, 1.82) is 0 Å². The molecule has 152 valence electrons. The average Bonchev–Trinajstić information content (AvgIpc) is 3.47. The minimum atomic E-state index is -3.42. The van der Waals surface area contributed by atoms with Gasteiger partial charge in [0.15, 0.2) is 15.9 Å². The maximum absolute atomic E-state index is 12.8. The van der Waals surface area contributed by atoms with Crippen LogP contribution in [0.4, 0.5) is 0 Å². The first-order valence-electron chi connectivity index (χ1n) is 9.48. The van der Waals surface area contributed by atoms with E-state index in [2.05, 4.69) is 5.10 Å². The fourth-order valence-corrected chi connectivity index (χ4v) is 5.95. The number of carbonyl (C=O) groups excluding carboxylic acids is 1. The molecule has 0 radical (unpaired) electrons. The number of hydrogen-bond donors (Lipinski definition) is 0. The molecule has 2 heterocycles. The molecule has 1 aromatic heterocycles. The monoisotopic (exact) mass is 426 g/mol. The molecular weight excluding hydrogens is 404 g/mol. The lowest BCUT2D eigenvalue weighted by atomic mass is 9.92. The van der Waals surface area contributed by atoms with Crippen LogP contribution in [0.2, 0.25) is 5.02 Å². The van der Waals surface area contributed by atoms with Gasteiger partial charge >= 0.3 is 5.97 Å². The van der Waals surface area contributed by atoms with Crippen LogP contribution in [0.1, 0.15) is 38.1 Å². The zero-order valence-electron chi connectivity index (χ0n) is 15.6. The van der Waals surface area contributed by atoms with Crippen molar-refractivity contribution in [2.75, 3.05) is 20.3 Å². The predicted molar refractivity (Wildman–Crippen MR) is 104 cm³/mol. The summed E-state index contributed by atoms with van der Waals surface area (Å²) in [7, 11) is -2.08. The van der Waals surface area contributed by atoms with Gasteiger partial charge in [-0.25, -0.2) is 17.9 Å². The molecule has 1 atom stereocenters. The molecule has 2 fully saturated rings. The van der Waals surface area contributed by atoms with Gasteiger partial charge in [-0.1, -0.05) is 11.6 Å². The Balaban J connectivity index is 1.78. The number of benzene rings is 1. The van der Waals surface area contributed by atoms with Gasteiger partial charge in [0.1, 0.15) is 0 Å². The SMILES string of the molecule is COC(=O)C(CC1CCOCC1)n1ncc2c(S(=O)(=O)C3CC3)ccc(Cl)c21. The Morgan fingerprint density at radius 1 is 1.32 bits per heavy atom. The largest absolute Gasteiger partial charge is 0.467 e. The second kappa shape index (κ2) is 7.65. The third-order valence-corrected chi connectivity index (χ3v) is 8.23. The van der Waals surface area contributed by atoms with E-state index in [9.17, 15) is 13.2 Å². The number of aromatic nitrogens is 2. The summed E-state index contributed by atoms with van der Waals surface area (Å²) in [6.45, 7) is 1.34. The van der Waals surface area contributed by atoms with E-state index in [4.69, 9.17) is 21.1 Å². The van der Waals surface area contributed by atoms with E-state index in [0.29, 0.717) is 54.3 Å². The molecule has 4 rings (SSSR count). The number of halogens is 1. The molecule has 0 N–H and O–H groups in total. The smallest absolute Gasteiger partial charge is 0.330 e. The van der Waals surface area contributed by atoms with Crippen molar-refractivity contribution >= 4 is 38.3 Å². The van der Waals surface area contributed by atoms with E-state index < -0.39 is 21.8 Å². The van der Waals surface area contributed by atoms with Gasteiger partial charge in [0.05, 0.1) is 34.0 Å². The molecule has 0 bridgehead atoms. The summed E-state index contributed by atoms with van der Waals surface area (Å²) in [5.74, 6) is -0.114. The summed E-state index contributed by atoms with van der Waals surface area (Å²) in [5.41, 5.74) is 0.464. The average molecular weight is 427 g/mol. The Bertz CT molecular complexity index is 993. The van der Waals surface area contributed by atoms with E-state index in [1.165, 1.54) is 24.1 Å². The van der Waals surface area contributed by atoms with E-state index in [1.54, 1.807) is 6.07 Å². The fourth-order valence-electron chi connectivity index (χ4n) is 3.87. The van der Waals surface area contributed by atoms with Gasteiger partial charge in [0.2, 0.25) is 0 Å². The van der Waals surface area contributed by atoms with Gasteiger partial charge < -0.3 is 9.47 Å². The van der Waals surface area contributed by atoms with E-state index in [0.717, 1.165) is 12.8 Å². The first-order chi connectivity index (χ1) is 13.4. The number of hydrogen-bond acceptors (Lipinski definition) is 6. The van der Waals surface area contributed by atoms with Gasteiger partial charge in [0.25, 0.3) is 0 Å². The highest BCUT2D eigenvalue weighted by molar-refractivity contribution is 7.92. The van der Waals surface area contributed by atoms with Crippen molar-refractivity contribution in [1.82, 2.24) is 9.78 Å². The number of sulfone groups is 1. The van der Waals surface area contributed by atoms with Crippen LogP contribution < -0.4 is 0 Å². The molecule has 2 aromatic rings. The number of esters is 1. The lowest BCUT2D eigenvalue weighted by Gasteiger charge is -2.26.